The normalized spacial score (nSPS) is 10.5. The van der Waals surface area contributed by atoms with E-state index in [2.05, 4.69) is 10.4 Å². The van der Waals surface area contributed by atoms with Gasteiger partial charge in [-0.25, -0.2) is 9.07 Å². The summed E-state index contributed by atoms with van der Waals surface area (Å²) in [5, 5.41) is 7.18. The molecule has 0 saturated heterocycles. The molecule has 2 aromatic carbocycles. The van der Waals surface area contributed by atoms with E-state index in [4.69, 9.17) is 4.74 Å². The highest BCUT2D eigenvalue weighted by atomic mass is 19.1. The van der Waals surface area contributed by atoms with E-state index in [1.165, 1.54) is 16.8 Å². The average molecular weight is 353 g/mol. The first-order valence-corrected chi connectivity index (χ1v) is 8.48. The molecule has 3 rings (SSSR count). The number of aromatic nitrogens is 2. The lowest BCUT2D eigenvalue weighted by molar-refractivity contribution is 0.0945. The van der Waals surface area contributed by atoms with Crippen molar-refractivity contribution in [1.82, 2.24) is 15.1 Å². The van der Waals surface area contributed by atoms with Crippen LogP contribution >= 0.6 is 0 Å². The summed E-state index contributed by atoms with van der Waals surface area (Å²) in [7, 11) is 0. The van der Waals surface area contributed by atoms with E-state index in [1.807, 2.05) is 37.3 Å². The van der Waals surface area contributed by atoms with Gasteiger partial charge < -0.3 is 10.1 Å². The van der Waals surface area contributed by atoms with Crippen LogP contribution < -0.4 is 10.1 Å². The smallest absolute Gasteiger partial charge is 0.275 e. The fraction of sp³-hybridized carbons (Fsp3) is 0.200. The van der Waals surface area contributed by atoms with Gasteiger partial charge in [0.2, 0.25) is 0 Å². The van der Waals surface area contributed by atoms with Crippen LogP contribution in [0.1, 0.15) is 23.0 Å². The molecule has 0 fully saturated rings. The second kappa shape index (κ2) is 8.29. The second-order valence-corrected chi connectivity index (χ2v) is 5.69. The summed E-state index contributed by atoms with van der Waals surface area (Å²) < 4.78 is 20.1. The molecular formula is C20H20FN3O2. The molecule has 1 N–H and O–H groups in total. The molecule has 0 radical (unpaired) electrons. The number of nitrogens with one attached hydrogen (secondary N) is 1. The van der Waals surface area contributed by atoms with Gasteiger partial charge in [-0.3, -0.25) is 4.79 Å². The topological polar surface area (TPSA) is 56.2 Å². The number of benzene rings is 2. The molecule has 134 valence electrons. The molecule has 0 aliphatic carbocycles. The molecule has 6 heteroatoms. The van der Waals surface area contributed by atoms with Gasteiger partial charge in [-0.1, -0.05) is 30.3 Å². The Morgan fingerprint density at radius 3 is 2.58 bits per heavy atom. The lowest BCUT2D eigenvalue weighted by Crippen LogP contribution is -2.26. The molecule has 0 aliphatic heterocycles. The number of ether oxygens (including phenoxy) is 1. The Kier molecular flexibility index (Phi) is 5.63. The Morgan fingerprint density at radius 1 is 1.15 bits per heavy atom. The molecule has 1 heterocycles. The first-order chi connectivity index (χ1) is 12.7. The molecule has 0 aliphatic rings. The number of amides is 1. The Bertz CT molecular complexity index is 861. The maximum atomic E-state index is 13.1. The van der Waals surface area contributed by atoms with E-state index in [1.54, 1.807) is 18.3 Å². The number of carbonyl (C=O) groups is 1. The van der Waals surface area contributed by atoms with Gasteiger partial charge >= 0.3 is 0 Å². The monoisotopic (exact) mass is 353 g/mol. The van der Waals surface area contributed by atoms with Gasteiger partial charge in [0.05, 0.1) is 18.5 Å². The van der Waals surface area contributed by atoms with Crippen LogP contribution in [0, 0.1) is 5.82 Å². The fourth-order valence-electron chi connectivity index (χ4n) is 2.55. The van der Waals surface area contributed by atoms with Crippen LogP contribution in [-0.4, -0.2) is 28.8 Å². The van der Waals surface area contributed by atoms with Crippen LogP contribution in [0.25, 0.3) is 5.69 Å². The molecule has 0 saturated carbocycles. The molecule has 0 spiro atoms. The van der Waals surface area contributed by atoms with Crippen molar-refractivity contribution >= 4 is 5.91 Å². The van der Waals surface area contributed by atoms with Crippen molar-refractivity contribution in [2.24, 2.45) is 0 Å². The molecular weight excluding hydrogens is 333 g/mol. The van der Waals surface area contributed by atoms with Crippen molar-refractivity contribution in [2.75, 3.05) is 13.2 Å². The van der Waals surface area contributed by atoms with Crippen molar-refractivity contribution in [3.05, 3.63) is 77.9 Å². The molecule has 26 heavy (non-hydrogen) atoms. The summed E-state index contributed by atoms with van der Waals surface area (Å²) in [6.45, 7) is 2.75. The third-order valence-electron chi connectivity index (χ3n) is 3.83. The zero-order valence-corrected chi connectivity index (χ0v) is 14.5. The van der Waals surface area contributed by atoms with Gasteiger partial charge in [-0.05, 0) is 43.2 Å². The highest BCUT2D eigenvalue weighted by molar-refractivity contribution is 5.94. The van der Waals surface area contributed by atoms with Crippen LogP contribution in [0.15, 0.2) is 60.8 Å². The average Bonchev–Trinajstić information content (AvgIpc) is 3.07. The zero-order valence-electron chi connectivity index (χ0n) is 14.5. The van der Waals surface area contributed by atoms with Crippen LogP contribution in [0.2, 0.25) is 0 Å². The van der Waals surface area contributed by atoms with Gasteiger partial charge in [-0.2, -0.15) is 5.10 Å². The van der Waals surface area contributed by atoms with Crippen LogP contribution in [0.3, 0.4) is 0 Å². The Hall–Kier alpha value is -3.15. The van der Waals surface area contributed by atoms with E-state index in [-0.39, 0.29) is 17.4 Å². The molecule has 0 bridgehead atoms. The van der Waals surface area contributed by atoms with Gasteiger partial charge in [0.25, 0.3) is 5.91 Å². The van der Waals surface area contributed by atoms with Crippen LogP contribution in [0.5, 0.6) is 5.75 Å². The van der Waals surface area contributed by atoms with Gasteiger partial charge in [0, 0.05) is 6.54 Å². The van der Waals surface area contributed by atoms with Crippen molar-refractivity contribution in [2.45, 2.75) is 13.3 Å². The summed E-state index contributed by atoms with van der Waals surface area (Å²) in [5.41, 5.74) is 2.01. The number of carbonyl (C=O) groups excluding carboxylic acids is 1. The van der Waals surface area contributed by atoms with E-state index >= 15 is 0 Å². The summed E-state index contributed by atoms with van der Waals surface area (Å²) >= 11 is 0. The predicted molar refractivity (Wildman–Crippen MR) is 97.2 cm³/mol. The van der Waals surface area contributed by atoms with Crippen molar-refractivity contribution in [1.29, 1.82) is 0 Å². The van der Waals surface area contributed by atoms with Crippen LogP contribution in [0.4, 0.5) is 4.39 Å². The highest BCUT2D eigenvalue weighted by Gasteiger charge is 2.18. The van der Waals surface area contributed by atoms with Crippen LogP contribution in [-0.2, 0) is 6.42 Å². The minimum atomic E-state index is -0.329. The van der Waals surface area contributed by atoms with Gasteiger partial charge in [0.15, 0.2) is 11.4 Å². The first-order valence-electron chi connectivity index (χ1n) is 8.48. The maximum Gasteiger partial charge on any atom is 0.275 e. The van der Waals surface area contributed by atoms with Crippen molar-refractivity contribution in [3.63, 3.8) is 0 Å². The third kappa shape index (κ3) is 4.27. The zero-order chi connectivity index (χ0) is 18.4. The SMILES string of the molecule is CCOc1cn(-c2ccc(F)cc2)nc1C(=O)NCCc1ccccc1. The first kappa shape index (κ1) is 17.7. The Balaban J connectivity index is 1.72. The van der Waals surface area contributed by atoms with Crippen molar-refractivity contribution in [3.8, 4) is 11.4 Å². The molecule has 1 aromatic heterocycles. The summed E-state index contributed by atoms with van der Waals surface area (Å²) in [4.78, 5) is 12.5. The number of nitrogens with zero attached hydrogens (tertiary/aromatic N) is 2. The molecule has 0 unspecified atom stereocenters. The molecule has 0 atom stereocenters. The Morgan fingerprint density at radius 2 is 1.88 bits per heavy atom. The van der Waals surface area contributed by atoms with E-state index < -0.39 is 0 Å². The van der Waals surface area contributed by atoms with E-state index in [0.717, 1.165) is 12.0 Å². The second-order valence-electron chi connectivity index (χ2n) is 5.69. The Labute approximate surface area is 151 Å². The maximum absolute atomic E-state index is 13.1. The minimum absolute atomic E-state index is 0.212. The van der Waals surface area contributed by atoms with E-state index in [9.17, 15) is 9.18 Å². The molecule has 5 nitrogen and oxygen atoms in total. The lowest BCUT2D eigenvalue weighted by atomic mass is 10.1. The largest absolute Gasteiger partial charge is 0.490 e. The summed E-state index contributed by atoms with van der Waals surface area (Å²) in [5.74, 6) is -0.232. The number of rotatable bonds is 7. The summed E-state index contributed by atoms with van der Waals surface area (Å²) in [6.07, 6.45) is 2.36. The lowest BCUT2D eigenvalue weighted by Gasteiger charge is -2.05. The number of hydrogen-bond donors (Lipinski definition) is 1. The molecule has 3 aromatic rings. The predicted octanol–water partition coefficient (Wildman–Crippen LogP) is 3.38. The fourth-order valence-corrected chi connectivity index (χ4v) is 2.55. The third-order valence-corrected chi connectivity index (χ3v) is 3.83. The van der Waals surface area contributed by atoms with Gasteiger partial charge in [0.1, 0.15) is 5.82 Å². The summed E-state index contributed by atoms with van der Waals surface area (Å²) in [6, 6.07) is 15.8. The number of hydrogen-bond acceptors (Lipinski definition) is 3. The molecule has 1 amide bonds. The van der Waals surface area contributed by atoms with E-state index in [0.29, 0.717) is 24.6 Å². The standard InChI is InChI=1S/C20H20FN3O2/c1-2-26-18-14-24(17-10-8-16(21)9-11-17)23-19(18)20(25)22-13-12-15-6-4-3-5-7-15/h3-11,14H,2,12-13H2,1H3,(H,22,25). The quantitative estimate of drug-likeness (QED) is 0.708. The number of halogens is 1. The highest BCUT2D eigenvalue weighted by Crippen LogP contribution is 2.20. The minimum Gasteiger partial charge on any atom is -0.490 e. The van der Waals surface area contributed by atoms with Gasteiger partial charge in [-0.15, -0.1) is 0 Å². The van der Waals surface area contributed by atoms with Crippen molar-refractivity contribution < 1.29 is 13.9 Å².